The maximum atomic E-state index is 11.9. The van der Waals surface area contributed by atoms with Crippen LogP contribution in [0.3, 0.4) is 0 Å². The maximum absolute atomic E-state index is 11.9. The molecule has 6 nitrogen and oxygen atoms in total. The van der Waals surface area contributed by atoms with Gasteiger partial charge in [0.25, 0.3) is 0 Å². The third kappa shape index (κ3) is 5.60. The quantitative estimate of drug-likeness (QED) is 0.242. The number of piperidine rings is 1. The van der Waals surface area contributed by atoms with E-state index in [0.29, 0.717) is 9.92 Å². The Morgan fingerprint density at radius 1 is 0.872 bits per heavy atom. The molecule has 39 heavy (non-hydrogen) atoms. The third-order valence-corrected chi connectivity index (χ3v) is 9.56. The van der Waals surface area contributed by atoms with Crippen molar-refractivity contribution in [3.63, 3.8) is 0 Å². The molecule has 1 fully saturated rings. The Morgan fingerprint density at radius 2 is 1.54 bits per heavy atom. The molecular weight excluding hydrogens is 548 g/mol. The van der Waals surface area contributed by atoms with E-state index in [-0.39, 0.29) is 6.04 Å². The molecule has 0 saturated carbocycles. The number of hydrogen-bond acceptors (Lipinski definition) is 7. The molecule has 1 unspecified atom stereocenters. The molecule has 0 aliphatic carbocycles. The van der Waals surface area contributed by atoms with E-state index in [0.717, 1.165) is 52.7 Å². The molecule has 2 aliphatic heterocycles. The van der Waals surface area contributed by atoms with Crippen molar-refractivity contribution in [2.75, 3.05) is 29.3 Å². The highest BCUT2D eigenvalue weighted by molar-refractivity contribution is 7.90. The van der Waals surface area contributed by atoms with Gasteiger partial charge in [0, 0.05) is 47.4 Å². The van der Waals surface area contributed by atoms with Crippen molar-refractivity contribution in [1.82, 2.24) is 4.98 Å². The van der Waals surface area contributed by atoms with Crippen LogP contribution < -0.4 is 9.91 Å². The summed E-state index contributed by atoms with van der Waals surface area (Å²) < 4.78 is 23.7. The van der Waals surface area contributed by atoms with E-state index >= 15 is 0 Å². The van der Waals surface area contributed by atoms with Crippen LogP contribution in [0, 0.1) is 0 Å². The molecule has 3 heterocycles. The van der Waals surface area contributed by atoms with Gasteiger partial charge in [-0.2, -0.15) is 5.10 Å². The molecule has 0 radical (unpaired) electrons. The Bertz CT molecular complexity index is 1590. The largest absolute Gasteiger partial charge is 0.372 e. The monoisotopic (exact) mass is 576 g/mol. The Kier molecular flexibility index (Phi) is 7.18. The zero-order chi connectivity index (χ0) is 27.0. The molecule has 3 aromatic carbocycles. The number of hydrazone groups is 1. The minimum absolute atomic E-state index is 0.00866. The Morgan fingerprint density at radius 3 is 2.21 bits per heavy atom. The number of halogens is 1. The maximum Gasteiger partial charge on any atom is 0.207 e. The first kappa shape index (κ1) is 26.0. The van der Waals surface area contributed by atoms with E-state index in [9.17, 15) is 8.42 Å². The number of anilines is 2. The van der Waals surface area contributed by atoms with Crippen LogP contribution in [0.4, 0.5) is 10.8 Å². The summed E-state index contributed by atoms with van der Waals surface area (Å²) in [7, 11) is -3.25. The van der Waals surface area contributed by atoms with E-state index < -0.39 is 9.84 Å². The summed E-state index contributed by atoms with van der Waals surface area (Å²) in [6.45, 7) is 2.24. The molecular formula is C30H29ClN4O2S2. The summed E-state index contributed by atoms with van der Waals surface area (Å²) >= 11 is 7.72. The Labute approximate surface area is 238 Å². The predicted octanol–water partition coefficient (Wildman–Crippen LogP) is 7.21. The van der Waals surface area contributed by atoms with Gasteiger partial charge in [-0.15, -0.1) is 11.3 Å². The zero-order valence-electron chi connectivity index (χ0n) is 21.6. The van der Waals surface area contributed by atoms with Crippen molar-refractivity contribution >= 4 is 49.3 Å². The molecule has 0 bridgehead atoms. The molecule has 4 aromatic rings. The van der Waals surface area contributed by atoms with Crippen LogP contribution in [-0.4, -0.2) is 38.5 Å². The normalized spacial score (nSPS) is 17.9. The molecule has 6 rings (SSSR count). The fourth-order valence-corrected chi connectivity index (χ4v) is 6.79. The van der Waals surface area contributed by atoms with Gasteiger partial charge >= 0.3 is 0 Å². The topological polar surface area (TPSA) is 65.9 Å². The molecule has 2 aliphatic rings. The van der Waals surface area contributed by atoms with Crippen molar-refractivity contribution < 1.29 is 8.42 Å². The molecule has 1 saturated heterocycles. The van der Waals surface area contributed by atoms with Crippen LogP contribution in [0.5, 0.6) is 0 Å². The van der Waals surface area contributed by atoms with E-state index in [2.05, 4.69) is 41.3 Å². The lowest BCUT2D eigenvalue weighted by Crippen LogP contribution is -2.29. The van der Waals surface area contributed by atoms with Gasteiger partial charge in [0.2, 0.25) is 5.13 Å². The van der Waals surface area contributed by atoms with Crippen molar-refractivity contribution in [2.24, 2.45) is 5.10 Å². The molecule has 9 heteroatoms. The van der Waals surface area contributed by atoms with Gasteiger partial charge < -0.3 is 4.90 Å². The van der Waals surface area contributed by atoms with E-state index in [1.807, 2.05) is 22.5 Å². The highest BCUT2D eigenvalue weighted by atomic mass is 35.5. The summed E-state index contributed by atoms with van der Waals surface area (Å²) in [5.74, 6) is 0. The minimum Gasteiger partial charge on any atom is -0.372 e. The molecule has 0 N–H and O–H groups in total. The number of sulfone groups is 1. The van der Waals surface area contributed by atoms with Gasteiger partial charge in [-0.05, 0) is 66.8 Å². The Hall–Kier alpha value is -3.20. The van der Waals surface area contributed by atoms with Crippen LogP contribution in [-0.2, 0) is 9.84 Å². The summed E-state index contributed by atoms with van der Waals surface area (Å²) in [6.07, 6.45) is 5.79. The van der Waals surface area contributed by atoms with E-state index in [1.54, 1.807) is 24.3 Å². The molecule has 0 amide bonds. The molecule has 0 spiro atoms. The first-order chi connectivity index (χ1) is 18.8. The SMILES string of the molecule is CS(=O)(=O)c1ccc(-c2csc(N3N=C(c4ccc(N5CCCCC5)cc4)CC3c3ccc(Cl)cc3)n2)cc1. The van der Waals surface area contributed by atoms with E-state index in [1.165, 1.54) is 42.5 Å². The second kappa shape index (κ2) is 10.8. The smallest absolute Gasteiger partial charge is 0.207 e. The van der Waals surface area contributed by atoms with Gasteiger partial charge in [0.05, 0.1) is 22.3 Å². The number of rotatable bonds is 6. The summed E-state index contributed by atoms with van der Waals surface area (Å²) in [5, 5.41) is 10.6. The highest BCUT2D eigenvalue weighted by Gasteiger charge is 2.32. The summed E-state index contributed by atoms with van der Waals surface area (Å²) in [6, 6.07) is 23.6. The molecule has 1 atom stereocenters. The van der Waals surface area contributed by atoms with Gasteiger partial charge in [0.1, 0.15) is 0 Å². The van der Waals surface area contributed by atoms with Crippen molar-refractivity contribution in [3.8, 4) is 11.3 Å². The predicted molar refractivity (Wildman–Crippen MR) is 161 cm³/mol. The lowest BCUT2D eigenvalue weighted by Gasteiger charge is -2.28. The lowest BCUT2D eigenvalue weighted by molar-refractivity contribution is 0.578. The van der Waals surface area contributed by atoms with Crippen molar-refractivity contribution in [3.05, 3.63) is 94.3 Å². The van der Waals surface area contributed by atoms with Crippen LogP contribution in [0.25, 0.3) is 11.3 Å². The number of aromatic nitrogens is 1. The highest BCUT2D eigenvalue weighted by Crippen LogP contribution is 2.40. The fourth-order valence-electron chi connectivity index (χ4n) is 5.20. The number of nitrogens with zero attached hydrogens (tertiary/aromatic N) is 4. The van der Waals surface area contributed by atoms with Gasteiger partial charge in [-0.1, -0.05) is 48.0 Å². The first-order valence-electron chi connectivity index (χ1n) is 13.1. The molecule has 200 valence electrons. The number of thiazole rings is 1. The number of hydrogen-bond donors (Lipinski definition) is 0. The van der Waals surface area contributed by atoms with Crippen LogP contribution >= 0.6 is 22.9 Å². The van der Waals surface area contributed by atoms with Gasteiger partial charge in [-0.25, -0.2) is 18.4 Å². The Balaban J connectivity index is 1.30. The van der Waals surface area contributed by atoms with Gasteiger partial charge in [0.15, 0.2) is 9.84 Å². The summed E-state index contributed by atoms with van der Waals surface area (Å²) in [5.41, 5.74) is 6.19. The van der Waals surface area contributed by atoms with E-state index in [4.69, 9.17) is 21.7 Å². The van der Waals surface area contributed by atoms with Gasteiger partial charge in [-0.3, -0.25) is 0 Å². The molecule has 1 aromatic heterocycles. The van der Waals surface area contributed by atoms with Crippen molar-refractivity contribution in [2.45, 2.75) is 36.6 Å². The van der Waals surface area contributed by atoms with Crippen LogP contribution in [0.1, 0.15) is 42.9 Å². The standard InChI is InChI=1S/C30H29ClN4O2S2/c1-39(36,37)26-15-9-22(10-16-26)28-20-38-30(32-28)35-29(23-5-11-24(31)12-6-23)19-27(33-35)21-7-13-25(14-8-21)34-17-3-2-4-18-34/h5-16,20,29H,2-4,17-19H2,1H3. The number of benzene rings is 3. The third-order valence-electron chi connectivity index (χ3n) is 7.35. The second-order valence-electron chi connectivity index (χ2n) is 10.1. The second-order valence-corrected chi connectivity index (χ2v) is 13.4. The van der Waals surface area contributed by atoms with Crippen molar-refractivity contribution in [1.29, 1.82) is 0 Å². The summed E-state index contributed by atoms with van der Waals surface area (Å²) in [4.78, 5) is 7.67. The lowest BCUT2D eigenvalue weighted by atomic mass is 9.98. The first-order valence-corrected chi connectivity index (χ1v) is 16.2. The van der Waals surface area contributed by atoms with Crippen LogP contribution in [0.15, 0.2) is 88.2 Å². The average Bonchev–Trinajstić information content (AvgIpc) is 3.62. The average molecular weight is 577 g/mol. The fraction of sp³-hybridized carbons (Fsp3) is 0.267. The zero-order valence-corrected chi connectivity index (χ0v) is 24.0. The minimum atomic E-state index is -3.25. The van der Waals surface area contributed by atoms with Crippen LogP contribution in [0.2, 0.25) is 5.02 Å².